The Hall–Kier alpha value is -3.12. The van der Waals surface area contributed by atoms with E-state index in [1.54, 1.807) is 19.2 Å². The Morgan fingerprint density at radius 1 is 0.967 bits per heavy atom. The molecule has 0 radical (unpaired) electrons. The second-order valence-electron chi connectivity index (χ2n) is 6.96. The predicted molar refractivity (Wildman–Crippen MR) is 116 cm³/mol. The number of benzene rings is 2. The van der Waals surface area contributed by atoms with Gasteiger partial charge in [0, 0.05) is 36.9 Å². The zero-order valence-corrected chi connectivity index (χ0v) is 17.5. The molecule has 2 aromatic carbocycles. The van der Waals surface area contributed by atoms with Crippen molar-refractivity contribution in [3.05, 3.63) is 77.2 Å². The Balaban J connectivity index is 1.32. The van der Waals surface area contributed by atoms with Crippen molar-refractivity contribution in [2.75, 3.05) is 38.2 Å². The summed E-state index contributed by atoms with van der Waals surface area (Å²) < 4.78 is 16.8. The summed E-state index contributed by atoms with van der Waals surface area (Å²) in [7, 11) is 1.60. The van der Waals surface area contributed by atoms with E-state index in [-0.39, 0.29) is 12.5 Å². The zero-order valence-electron chi connectivity index (χ0n) is 16.7. The Morgan fingerprint density at radius 3 is 2.37 bits per heavy atom. The van der Waals surface area contributed by atoms with Crippen LogP contribution in [0.3, 0.4) is 0 Å². The Morgan fingerprint density at radius 2 is 1.67 bits per heavy atom. The summed E-state index contributed by atoms with van der Waals surface area (Å²) in [6.07, 6.45) is 0. The minimum Gasteiger partial charge on any atom is -0.493 e. The van der Waals surface area contributed by atoms with Gasteiger partial charge in [-0.05, 0) is 48.5 Å². The fourth-order valence-electron chi connectivity index (χ4n) is 3.43. The van der Waals surface area contributed by atoms with E-state index in [2.05, 4.69) is 4.90 Å². The lowest BCUT2D eigenvalue weighted by molar-refractivity contribution is 0.0710. The lowest BCUT2D eigenvalue weighted by atomic mass is 10.2. The molecule has 6 nitrogen and oxygen atoms in total. The molecule has 1 saturated heterocycles. The first-order valence-electron chi connectivity index (χ1n) is 9.78. The predicted octanol–water partition coefficient (Wildman–Crippen LogP) is 4.48. The van der Waals surface area contributed by atoms with Crippen molar-refractivity contribution in [2.24, 2.45) is 0 Å². The van der Waals surface area contributed by atoms with E-state index >= 15 is 0 Å². The number of hydrogen-bond acceptors (Lipinski definition) is 5. The Bertz CT molecular complexity index is 994. The molecule has 0 bridgehead atoms. The quantitative estimate of drug-likeness (QED) is 0.581. The molecule has 0 atom stereocenters. The molecular weight excluding hydrogens is 404 g/mol. The number of anilines is 1. The molecule has 1 aliphatic heterocycles. The van der Waals surface area contributed by atoms with Crippen molar-refractivity contribution in [1.82, 2.24) is 4.90 Å². The monoisotopic (exact) mass is 426 g/mol. The number of para-hydroxylation sites is 2. The second-order valence-corrected chi connectivity index (χ2v) is 7.40. The molecule has 0 aliphatic carbocycles. The number of rotatable bonds is 6. The van der Waals surface area contributed by atoms with Gasteiger partial charge in [0.15, 0.2) is 17.3 Å². The van der Waals surface area contributed by atoms with Gasteiger partial charge in [0.1, 0.15) is 12.4 Å². The molecule has 7 heteroatoms. The lowest BCUT2D eigenvalue weighted by Gasteiger charge is -2.35. The van der Waals surface area contributed by atoms with Crippen LogP contribution in [0.1, 0.15) is 16.3 Å². The molecule has 156 valence electrons. The number of halogens is 1. The van der Waals surface area contributed by atoms with E-state index in [0.29, 0.717) is 36.1 Å². The summed E-state index contributed by atoms with van der Waals surface area (Å²) in [6.45, 7) is 3.01. The van der Waals surface area contributed by atoms with Gasteiger partial charge in [0.2, 0.25) is 0 Å². The van der Waals surface area contributed by atoms with Crippen LogP contribution >= 0.6 is 11.6 Å². The van der Waals surface area contributed by atoms with Crippen LogP contribution in [0.2, 0.25) is 5.02 Å². The zero-order chi connectivity index (χ0) is 20.9. The fraction of sp³-hybridized carbons (Fsp3) is 0.261. The summed E-state index contributed by atoms with van der Waals surface area (Å²) in [5, 5.41) is 0.718. The number of carbonyl (C=O) groups is 1. The van der Waals surface area contributed by atoms with E-state index in [9.17, 15) is 4.79 Å². The van der Waals surface area contributed by atoms with Crippen molar-refractivity contribution < 1.29 is 18.7 Å². The summed E-state index contributed by atoms with van der Waals surface area (Å²) in [5.41, 5.74) is 1.11. The normalized spacial score (nSPS) is 13.9. The molecule has 30 heavy (non-hydrogen) atoms. The SMILES string of the molecule is COc1ccccc1OCc1ccc(C(=O)N2CCN(c3ccc(Cl)cc3)CC2)o1. The first-order chi connectivity index (χ1) is 14.6. The maximum atomic E-state index is 12.8. The number of ether oxygens (including phenoxy) is 2. The number of nitrogens with zero attached hydrogens (tertiary/aromatic N) is 2. The average molecular weight is 427 g/mol. The van der Waals surface area contributed by atoms with E-state index in [1.807, 2.05) is 53.4 Å². The van der Waals surface area contributed by atoms with E-state index in [4.69, 9.17) is 25.5 Å². The van der Waals surface area contributed by atoms with Crippen LogP contribution in [0.4, 0.5) is 5.69 Å². The molecule has 4 rings (SSSR count). The van der Waals surface area contributed by atoms with E-state index in [1.165, 1.54) is 0 Å². The molecule has 1 amide bonds. The number of carbonyl (C=O) groups excluding carboxylic acids is 1. The van der Waals surface area contributed by atoms with Crippen LogP contribution in [0.25, 0.3) is 0 Å². The smallest absolute Gasteiger partial charge is 0.289 e. The molecule has 0 unspecified atom stereocenters. The maximum absolute atomic E-state index is 12.8. The highest BCUT2D eigenvalue weighted by Crippen LogP contribution is 2.27. The Labute approximate surface area is 180 Å². The largest absolute Gasteiger partial charge is 0.493 e. The minimum atomic E-state index is -0.103. The third-order valence-electron chi connectivity index (χ3n) is 5.07. The van der Waals surface area contributed by atoms with Crippen LogP contribution in [-0.2, 0) is 6.61 Å². The highest BCUT2D eigenvalue weighted by atomic mass is 35.5. The van der Waals surface area contributed by atoms with Crippen molar-refractivity contribution in [2.45, 2.75) is 6.61 Å². The van der Waals surface area contributed by atoms with Crippen LogP contribution < -0.4 is 14.4 Å². The van der Waals surface area contributed by atoms with Crippen molar-refractivity contribution in [3.63, 3.8) is 0 Å². The van der Waals surface area contributed by atoms with Crippen LogP contribution in [-0.4, -0.2) is 44.1 Å². The summed E-state index contributed by atoms with van der Waals surface area (Å²) in [5.74, 6) is 2.09. The van der Waals surface area contributed by atoms with Gasteiger partial charge in [-0.25, -0.2) is 0 Å². The molecule has 1 aliphatic rings. The summed E-state index contributed by atoms with van der Waals surface area (Å²) in [6, 6.07) is 18.6. The van der Waals surface area contributed by atoms with Crippen molar-refractivity contribution in [3.8, 4) is 11.5 Å². The van der Waals surface area contributed by atoms with E-state index in [0.717, 1.165) is 23.8 Å². The molecule has 2 heterocycles. The maximum Gasteiger partial charge on any atom is 0.289 e. The first-order valence-corrected chi connectivity index (χ1v) is 10.2. The van der Waals surface area contributed by atoms with Crippen LogP contribution in [0, 0.1) is 0 Å². The standard InChI is InChI=1S/C23H23ClN2O4/c1-28-20-4-2-3-5-21(20)29-16-19-10-11-22(30-19)23(27)26-14-12-25(13-15-26)18-8-6-17(24)7-9-18/h2-11H,12-16H2,1H3. The van der Waals surface area contributed by atoms with Crippen LogP contribution in [0.15, 0.2) is 65.1 Å². The van der Waals surface area contributed by atoms with Crippen LogP contribution in [0.5, 0.6) is 11.5 Å². The molecule has 1 aromatic heterocycles. The number of piperazine rings is 1. The van der Waals surface area contributed by atoms with Gasteiger partial charge < -0.3 is 23.7 Å². The minimum absolute atomic E-state index is 0.103. The third-order valence-corrected chi connectivity index (χ3v) is 5.32. The van der Waals surface area contributed by atoms with Gasteiger partial charge in [-0.15, -0.1) is 0 Å². The average Bonchev–Trinajstić information content (AvgIpc) is 3.27. The second kappa shape index (κ2) is 9.13. The number of methoxy groups -OCH3 is 1. The highest BCUT2D eigenvalue weighted by Gasteiger charge is 2.24. The number of furan rings is 1. The van der Waals surface area contributed by atoms with E-state index < -0.39 is 0 Å². The number of hydrogen-bond donors (Lipinski definition) is 0. The fourth-order valence-corrected chi connectivity index (χ4v) is 3.56. The molecule has 0 spiro atoms. The van der Waals surface area contributed by atoms with Gasteiger partial charge in [0.25, 0.3) is 5.91 Å². The molecule has 3 aromatic rings. The molecule has 0 N–H and O–H groups in total. The van der Waals surface area contributed by atoms with Gasteiger partial charge in [-0.1, -0.05) is 23.7 Å². The Kier molecular flexibility index (Phi) is 6.14. The van der Waals surface area contributed by atoms with Gasteiger partial charge >= 0.3 is 0 Å². The van der Waals surface area contributed by atoms with Gasteiger partial charge in [-0.2, -0.15) is 0 Å². The highest BCUT2D eigenvalue weighted by molar-refractivity contribution is 6.30. The van der Waals surface area contributed by atoms with Crippen molar-refractivity contribution >= 4 is 23.2 Å². The van der Waals surface area contributed by atoms with Crippen molar-refractivity contribution in [1.29, 1.82) is 0 Å². The summed E-state index contributed by atoms with van der Waals surface area (Å²) in [4.78, 5) is 16.9. The summed E-state index contributed by atoms with van der Waals surface area (Å²) >= 11 is 5.96. The first kappa shape index (κ1) is 20.2. The topological polar surface area (TPSA) is 55.2 Å². The number of amides is 1. The lowest BCUT2D eigenvalue weighted by Crippen LogP contribution is -2.48. The third kappa shape index (κ3) is 4.54. The van der Waals surface area contributed by atoms with Gasteiger partial charge in [-0.3, -0.25) is 4.79 Å². The molecular formula is C23H23ClN2O4. The molecule has 0 saturated carbocycles. The van der Waals surface area contributed by atoms with Gasteiger partial charge in [0.05, 0.1) is 7.11 Å². The molecule has 1 fully saturated rings.